The number of halogens is 4. The number of benzene rings is 3. The van der Waals surface area contributed by atoms with E-state index in [-0.39, 0.29) is 4.90 Å². The first kappa shape index (κ1) is 27.2. The minimum atomic E-state index is -4.39. The summed E-state index contributed by atoms with van der Waals surface area (Å²) in [5, 5.41) is 9.38. The maximum Gasteiger partial charge on any atom is 0.416 e. The first-order valence-electron chi connectivity index (χ1n) is 11.0. The van der Waals surface area contributed by atoms with E-state index in [2.05, 4.69) is 14.9 Å². The summed E-state index contributed by atoms with van der Waals surface area (Å²) >= 11 is 7.20. The average molecular weight is 567 g/mol. The monoisotopic (exact) mass is 566 g/mol. The number of hydrogen-bond acceptors (Lipinski definition) is 5. The summed E-state index contributed by atoms with van der Waals surface area (Å²) in [7, 11) is -2.19. The van der Waals surface area contributed by atoms with Crippen molar-refractivity contribution in [1.29, 1.82) is 0 Å². The molecule has 4 aromatic rings. The van der Waals surface area contributed by atoms with Gasteiger partial charge in [0.05, 0.1) is 16.5 Å². The zero-order chi connectivity index (χ0) is 26.6. The van der Waals surface area contributed by atoms with Gasteiger partial charge in [0.2, 0.25) is 10.0 Å². The summed E-state index contributed by atoms with van der Waals surface area (Å²) in [6, 6.07) is 19.4. The highest BCUT2D eigenvalue weighted by Gasteiger charge is 2.30. The molecule has 12 heteroatoms. The van der Waals surface area contributed by atoms with Crippen molar-refractivity contribution in [3.8, 4) is 0 Å². The SMILES string of the molecule is Cn1c(SCc2ccc(C(F)(F)F)cc2)nnc1C(Cc1ccccc1)NS(=O)(=O)c1ccc(Cl)cc1. The third kappa shape index (κ3) is 6.92. The molecule has 0 spiro atoms. The van der Waals surface area contributed by atoms with Crippen LogP contribution in [0.4, 0.5) is 13.2 Å². The van der Waals surface area contributed by atoms with Crippen molar-refractivity contribution in [2.24, 2.45) is 7.05 Å². The van der Waals surface area contributed by atoms with Crippen LogP contribution >= 0.6 is 23.4 Å². The van der Waals surface area contributed by atoms with Crippen LogP contribution in [0.2, 0.25) is 5.02 Å². The molecule has 1 unspecified atom stereocenters. The molecule has 3 aromatic carbocycles. The Morgan fingerprint density at radius 1 is 0.946 bits per heavy atom. The number of nitrogens with one attached hydrogen (secondary N) is 1. The Hall–Kier alpha value is -2.86. The molecule has 0 aliphatic rings. The van der Waals surface area contributed by atoms with E-state index in [1.807, 2.05) is 30.3 Å². The second-order valence-corrected chi connectivity index (χ2v) is 11.3. The normalized spacial score (nSPS) is 13.0. The minimum absolute atomic E-state index is 0.0639. The molecule has 0 bridgehead atoms. The van der Waals surface area contributed by atoms with Gasteiger partial charge in [-0.15, -0.1) is 10.2 Å². The van der Waals surface area contributed by atoms with E-state index in [0.29, 0.717) is 33.7 Å². The molecule has 0 aliphatic carbocycles. The summed E-state index contributed by atoms with van der Waals surface area (Å²) in [6.07, 6.45) is -4.07. The van der Waals surface area contributed by atoms with Crippen LogP contribution < -0.4 is 4.72 Å². The van der Waals surface area contributed by atoms with Crippen molar-refractivity contribution >= 4 is 33.4 Å². The molecule has 1 heterocycles. The topological polar surface area (TPSA) is 76.9 Å². The molecule has 194 valence electrons. The summed E-state index contributed by atoms with van der Waals surface area (Å²) in [6.45, 7) is 0. The standard InChI is InChI=1S/C25H22ClF3N4O2S2/c1-33-23(30-31-24(33)36-16-18-7-9-19(10-8-18)25(27,28)29)22(15-17-5-3-2-4-6-17)32-37(34,35)21-13-11-20(26)12-14-21/h2-14,22,32H,15-16H2,1H3. The van der Waals surface area contributed by atoms with Crippen LogP contribution in [0.1, 0.15) is 28.6 Å². The Labute approximate surface area is 221 Å². The Bertz CT molecular complexity index is 1440. The number of rotatable bonds is 9. The highest BCUT2D eigenvalue weighted by Crippen LogP contribution is 2.31. The fraction of sp³-hybridized carbons (Fsp3) is 0.200. The molecule has 0 amide bonds. The Balaban J connectivity index is 1.56. The lowest BCUT2D eigenvalue weighted by Crippen LogP contribution is -2.32. The predicted molar refractivity (Wildman–Crippen MR) is 137 cm³/mol. The third-order valence-electron chi connectivity index (χ3n) is 5.53. The second-order valence-electron chi connectivity index (χ2n) is 8.20. The lowest BCUT2D eigenvalue weighted by molar-refractivity contribution is -0.137. The maximum absolute atomic E-state index is 13.1. The van der Waals surface area contributed by atoms with Gasteiger partial charge in [-0.05, 0) is 53.9 Å². The van der Waals surface area contributed by atoms with Crippen LogP contribution in [-0.4, -0.2) is 23.2 Å². The number of sulfonamides is 1. The van der Waals surface area contributed by atoms with E-state index >= 15 is 0 Å². The van der Waals surface area contributed by atoms with Crippen LogP contribution in [-0.2, 0) is 35.4 Å². The summed E-state index contributed by atoms with van der Waals surface area (Å²) in [4.78, 5) is 0.0639. The maximum atomic E-state index is 13.1. The molecule has 1 aromatic heterocycles. The van der Waals surface area contributed by atoms with Crippen molar-refractivity contribution in [2.45, 2.75) is 34.4 Å². The van der Waals surface area contributed by atoms with Crippen LogP contribution in [0.3, 0.4) is 0 Å². The fourth-order valence-electron chi connectivity index (χ4n) is 3.60. The second kappa shape index (κ2) is 11.3. The van der Waals surface area contributed by atoms with Gasteiger partial charge in [0.25, 0.3) is 0 Å². The first-order chi connectivity index (χ1) is 17.5. The zero-order valence-corrected chi connectivity index (χ0v) is 21.9. The Morgan fingerprint density at radius 2 is 1.59 bits per heavy atom. The van der Waals surface area contributed by atoms with E-state index in [0.717, 1.165) is 17.7 Å². The van der Waals surface area contributed by atoms with Crippen LogP contribution in [0, 0.1) is 0 Å². The van der Waals surface area contributed by atoms with Crippen molar-refractivity contribution in [3.05, 3.63) is 106 Å². The fourth-order valence-corrected chi connectivity index (χ4v) is 5.79. The number of alkyl halides is 3. The van der Waals surface area contributed by atoms with Crippen molar-refractivity contribution in [2.75, 3.05) is 0 Å². The smallest absolute Gasteiger partial charge is 0.308 e. The summed E-state index contributed by atoms with van der Waals surface area (Å²) < 4.78 is 69.2. The molecule has 1 atom stereocenters. The largest absolute Gasteiger partial charge is 0.416 e. The van der Waals surface area contributed by atoms with Gasteiger partial charge in [-0.3, -0.25) is 0 Å². The molecule has 0 fully saturated rings. The predicted octanol–water partition coefficient (Wildman–Crippen LogP) is 6.04. The van der Waals surface area contributed by atoms with Gasteiger partial charge in [0, 0.05) is 17.8 Å². The highest BCUT2D eigenvalue weighted by atomic mass is 35.5. The number of nitrogens with zero attached hydrogens (tertiary/aromatic N) is 3. The third-order valence-corrected chi connectivity index (χ3v) is 8.36. The van der Waals surface area contributed by atoms with Gasteiger partial charge in [0.1, 0.15) is 0 Å². The minimum Gasteiger partial charge on any atom is -0.308 e. The molecule has 0 saturated heterocycles. The Morgan fingerprint density at radius 3 is 2.22 bits per heavy atom. The van der Waals surface area contributed by atoms with E-state index in [1.54, 1.807) is 11.6 Å². The van der Waals surface area contributed by atoms with Gasteiger partial charge in [-0.25, -0.2) is 13.1 Å². The van der Waals surface area contributed by atoms with Gasteiger partial charge in [-0.2, -0.15) is 13.2 Å². The van der Waals surface area contributed by atoms with Gasteiger partial charge in [0.15, 0.2) is 11.0 Å². The number of thioether (sulfide) groups is 1. The first-order valence-corrected chi connectivity index (χ1v) is 13.9. The van der Waals surface area contributed by atoms with Crippen molar-refractivity contribution < 1.29 is 21.6 Å². The molecule has 6 nitrogen and oxygen atoms in total. The van der Waals surface area contributed by atoms with Crippen LogP contribution in [0.5, 0.6) is 0 Å². The molecule has 1 N–H and O–H groups in total. The van der Waals surface area contributed by atoms with Crippen molar-refractivity contribution in [1.82, 2.24) is 19.5 Å². The van der Waals surface area contributed by atoms with Crippen LogP contribution in [0.25, 0.3) is 0 Å². The van der Waals surface area contributed by atoms with Crippen LogP contribution in [0.15, 0.2) is 88.9 Å². The molecule has 0 radical (unpaired) electrons. The van der Waals surface area contributed by atoms with Gasteiger partial charge < -0.3 is 4.57 Å². The molecule has 0 aliphatic heterocycles. The summed E-state index contributed by atoms with van der Waals surface area (Å²) in [5.41, 5.74) is 0.874. The lowest BCUT2D eigenvalue weighted by Gasteiger charge is -2.19. The molecule has 37 heavy (non-hydrogen) atoms. The number of hydrogen-bond donors (Lipinski definition) is 1. The van der Waals surface area contributed by atoms with E-state index in [4.69, 9.17) is 11.6 Å². The quantitative estimate of drug-likeness (QED) is 0.250. The van der Waals surface area contributed by atoms with E-state index in [9.17, 15) is 21.6 Å². The molecule has 0 saturated carbocycles. The zero-order valence-electron chi connectivity index (χ0n) is 19.5. The molecule has 4 rings (SSSR count). The van der Waals surface area contributed by atoms with E-state index in [1.165, 1.54) is 48.2 Å². The van der Waals surface area contributed by atoms with Gasteiger partial charge in [-0.1, -0.05) is 65.8 Å². The Kier molecular flexibility index (Phi) is 8.27. The molecular weight excluding hydrogens is 545 g/mol. The number of aromatic nitrogens is 3. The van der Waals surface area contributed by atoms with Crippen molar-refractivity contribution in [3.63, 3.8) is 0 Å². The average Bonchev–Trinajstić information content (AvgIpc) is 3.23. The molecular formula is C25H22ClF3N4O2S2. The lowest BCUT2D eigenvalue weighted by atomic mass is 10.1. The van der Waals surface area contributed by atoms with Gasteiger partial charge >= 0.3 is 6.18 Å². The highest BCUT2D eigenvalue weighted by molar-refractivity contribution is 7.98. The van der Waals surface area contributed by atoms with E-state index < -0.39 is 27.8 Å². The summed E-state index contributed by atoms with van der Waals surface area (Å²) in [5.74, 6) is 0.764.